The lowest BCUT2D eigenvalue weighted by Crippen LogP contribution is -2.23. The van der Waals surface area contributed by atoms with Gasteiger partial charge in [-0.1, -0.05) is 48.5 Å². The van der Waals surface area contributed by atoms with Gasteiger partial charge in [0.25, 0.3) is 0 Å². The fourth-order valence-corrected chi connectivity index (χ4v) is 2.90. The molecule has 0 heterocycles. The van der Waals surface area contributed by atoms with Gasteiger partial charge in [0, 0.05) is 11.6 Å². The number of hydrogen-bond donors (Lipinski definition) is 2. The molecule has 1 saturated carbocycles. The van der Waals surface area contributed by atoms with Crippen molar-refractivity contribution in [2.24, 2.45) is 11.7 Å². The van der Waals surface area contributed by atoms with Crippen LogP contribution in [0, 0.1) is 5.92 Å². The maximum absolute atomic E-state index is 9.98. The van der Waals surface area contributed by atoms with Gasteiger partial charge in [0.05, 0.1) is 5.02 Å². The number of phenolic OH excluding ortho intramolecular Hbond substituents is 1. The van der Waals surface area contributed by atoms with E-state index in [1.807, 2.05) is 0 Å². The predicted octanol–water partition coefficient (Wildman–Crippen LogP) is 4.70. The first-order valence-electron chi connectivity index (χ1n) is 6.03. The second-order valence-electron chi connectivity index (χ2n) is 4.72. The van der Waals surface area contributed by atoms with Crippen LogP contribution in [0.5, 0.6) is 5.75 Å². The van der Waals surface area contributed by atoms with Gasteiger partial charge in [-0.3, -0.25) is 0 Å². The van der Waals surface area contributed by atoms with E-state index in [0.717, 1.165) is 12.8 Å². The van der Waals surface area contributed by atoms with Crippen LogP contribution >= 0.6 is 35.6 Å². The molecule has 1 aromatic carbocycles. The van der Waals surface area contributed by atoms with Crippen LogP contribution in [0.3, 0.4) is 0 Å². The van der Waals surface area contributed by atoms with Crippen molar-refractivity contribution in [1.29, 1.82) is 0 Å². The maximum Gasteiger partial charge on any atom is 0.140 e. The minimum absolute atomic E-state index is 0. The van der Waals surface area contributed by atoms with Crippen molar-refractivity contribution in [1.82, 2.24) is 0 Å². The summed E-state index contributed by atoms with van der Waals surface area (Å²) in [4.78, 5) is 0. The monoisotopic (exact) mass is 309 g/mol. The van der Waals surface area contributed by atoms with Gasteiger partial charge in [-0.05, 0) is 24.8 Å². The van der Waals surface area contributed by atoms with Crippen LogP contribution < -0.4 is 5.73 Å². The highest BCUT2D eigenvalue weighted by Crippen LogP contribution is 2.41. The predicted molar refractivity (Wildman–Crippen MR) is 78.9 cm³/mol. The molecule has 0 radical (unpaired) electrons. The van der Waals surface area contributed by atoms with Crippen LogP contribution in [0.1, 0.15) is 43.7 Å². The first kappa shape index (κ1) is 15.9. The first-order chi connectivity index (χ1) is 8.11. The summed E-state index contributed by atoms with van der Waals surface area (Å²) in [7, 11) is 0. The van der Waals surface area contributed by atoms with E-state index in [4.69, 9.17) is 28.9 Å². The van der Waals surface area contributed by atoms with Gasteiger partial charge >= 0.3 is 0 Å². The minimum Gasteiger partial charge on any atom is -0.506 e. The second kappa shape index (κ2) is 6.85. The lowest BCUT2D eigenvalue weighted by Gasteiger charge is -2.28. The summed E-state index contributed by atoms with van der Waals surface area (Å²) in [5, 5.41) is 10.6. The van der Waals surface area contributed by atoms with E-state index in [2.05, 4.69) is 0 Å². The van der Waals surface area contributed by atoms with Gasteiger partial charge < -0.3 is 10.8 Å². The van der Waals surface area contributed by atoms with Crippen LogP contribution in [0.2, 0.25) is 10.0 Å². The molecular weight excluding hydrogens is 293 g/mol. The van der Waals surface area contributed by atoms with E-state index in [-0.39, 0.29) is 29.2 Å². The molecule has 0 aromatic heterocycles. The zero-order chi connectivity index (χ0) is 12.4. The Bertz CT molecular complexity index is 405. The number of nitrogens with two attached hydrogens (primary N) is 1. The van der Waals surface area contributed by atoms with Crippen LogP contribution in [0.25, 0.3) is 0 Å². The lowest BCUT2D eigenvalue weighted by atomic mass is 9.81. The third-order valence-electron chi connectivity index (χ3n) is 3.62. The third kappa shape index (κ3) is 3.24. The molecule has 1 aromatic rings. The van der Waals surface area contributed by atoms with Gasteiger partial charge in [0.1, 0.15) is 10.8 Å². The van der Waals surface area contributed by atoms with Gasteiger partial charge in [0.2, 0.25) is 0 Å². The van der Waals surface area contributed by atoms with Crippen molar-refractivity contribution >= 4 is 35.6 Å². The SMILES string of the molecule is Cl.N[C@H](c1ccc(Cl)c(Cl)c1O)C1CCCCC1. The van der Waals surface area contributed by atoms with Gasteiger partial charge in [-0.2, -0.15) is 0 Å². The molecule has 5 heteroatoms. The van der Waals surface area contributed by atoms with E-state index >= 15 is 0 Å². The van der Waals surface area contributed by atoms with Crippen LogP contribution in [0.15, 0.2) is 12.1 Å². The lowest BCUT2D eigenvalue weighted by molar-refractivity contribution is 0.303. The standard InChI is InChI=1S/C13H17Cl2NO.ClH/c14-10-7-6-9(13(17)11(10)15)12(16)8-4-2-1-3-5-8;/h6-8,12,17H,1-5,16H2;1H/t12-;/m0./s1. The molecule has 18 heavy (non-hydrogen) atoms. The number of hydrogen-bond acceptors (Lipinski definition) is 2. The van der Waals surface area contributed by atoms with E-state index in [0.29, 0.717) is 16.5 Å². The topological polar surface area (TPSA) is 46.2 Å². The molecule has 0 amide bonds. The Labute approximate surface area is 124 Å². The Morgan fingerprint density at radius 3 is 2.39 bits per heavy atom. The van der Waals surface area contributed by atoms with Crippen LogP contribution in [0.4, 0.5) is 0 Å². The minimum atomic E-state index is -0.148. The zero-order valence-corrected chi connectivity index (χ0v) is 12.4. The molecule has 0 aliphatic heterocycles. The summed E-state index contributed by atoms with van der Waals surface area (Å²) in [6.45, 7) is 0. The molecule has 1 atom stereocenters. The number of benzene rings is 1. The summed E-state index contributed by atoms with van der Waals surface area (Å²) >= 11 is 11.8. The molecular formula is C13H18Cl3NO. The number of aromatic hydroxyl groups is 1. The molecule has 102 valence electrons. The summed E-state index contributed by atoms with van der Waals surface area (Å²) < 4.78 is 0. The largest absolute Gasteiger partial charge is 0.506 e. The van der Waals surface area contributed by atoms with Crippen molar-refractivity contribution in [3.8, 4) is 5.75 Å². The van der Waals surface area contributed by atoms with Crippen LogP contribution in [-0.2, 0) is 0 Å². The molecule has 1 aliphatic rings. The van der Waals surface area contributed by atoms with Gasteiger partial charge in [-0.25, -0.2) is 0 Å². The Morgan fingerprint density at radius 1 is 1.17 bits per heavy atom. The summed E-state index contributed by atoms with van der Waals surface area (Å²) in [5.74, 6) is 0.476. The van der Waals surface area contributed by atoms with E-state index in [1.54, 1.807) is 12.1 Å². The quantitative estimate of drug-likeness (QED) is 0.831. The highest BCUT2D eigenvalue weighted by Gasteiger charge is 2.25. The molecule has 2 rings (SSSR count). The van der Waals surface area contributed by atoms with Crippen LogP contribution in [-0.4, -0.2) is 5.11 Å². The molecule has 3 N–H and O–H groups in total. The molecule has 1 fully saturated rings. The zero-order valence-electron chi connectivity index (χ0n) is 10.0. The molecule has 2 nitrogen and oxygen atoms in total. The fourth-order valence-electron chi connectivity index (χ4n) is 2.57. The molecule has 0 bridgehead atoms. The molecule has 1 aliphatic carbocycles. The summed E-state index contributed by atoms with van der Waals surface area (Å²) in [5.41, 5.74) is 6.94. The Hall–Kier alpha value is -0.150. The van der Waals surface area contributed by atoms with Crippen molar-refractivity contribution in [3.05, 3.63) is 27.7 Å². The Morgan fingerprint density at radius 2 is 1.78 bits per heavy atom. The molecule has 0 saturated heterocycles. The van der Waals surface area contributed by atoms with Crippen molar-refractivity contribution in [3.63, 3.8) is 0 Å². The first-order valence-corrected chi connectivity index (χ1v) is 6.79. The molecule has 0 unspecified atom stereocenters. The third-order valence-corrected chi connectivity index (χ3v) is 4.41. The molecule has 0 spiro atoms. The Kier molecular flexibility index (Phi) is 6.06. The highest BCUT2D eigenvalue weighted by molar-refractivity contribution is 6.43. The average Bonchev–Trinajstić information content (AvgIpc) is 2.36. The van der Waals surface area contributed by atoms with Crippen molar-refractivity contribution < 1.29 is 5.11 Å². The van der Waals surface area contributed by atoms with E-state index in [9.17, 15) is 5.11 Å². The number of rotatable bonds is 2. The van der Waals surface area contributed by atoms with Gasteiger partial charge in [0.15, 0.2) is 0 Å². The normalized spacial score (nSPS) is 18.2. The highest BCUT2D eigenvalue weighted by atomic mass is 35.5. The second-order valence-corrected chi connectivity index (χ2v) is 5.51. The fraction of sp³-hybridized carbons (Fsp3) is 0.538. The van der Waals surface area contributed by atoms with Gasteiger partial charge in [-0.15, -0.1) is 12.4 Å². The van der Waals surface area contributed by atoms with Crippen molar-refractivity contribution in [2.45, 2.75) is 38.1 Å². The van der Waals surface area contributed by atoms with E-state index in [1.165, 1.54) is 19.3 Å². The number of halogens is 3. The summed E-state index contributed by atoms with van der Waals surface area (Å²) in [6, 6.07) is 3.33. The Balaban J connectivity index is 0.00000162. The smallest absolute Gasteiger partial charge is 0.140 e. The number of phenols is 1. The van der Waals surface area contributed by atoms with Crippen molar-refractivity contribution in [2.75, 3.05) is 0 Å². The maximum atomic E-state index is 9.98. The van der Waals surface area contributed by atoms with E-state index < -0.39 is 0 Å². The summed E-state index contributed by atoms with van der Waals surface area (Å²) in [6.07, 6.45) is 5.99. The average molecular weight is 311 g/mol.